The van der Waals surface area contributed by atoms with E-state index >= 15 is 0 Å². The molecule has 0 aliphatic heterocycles. The van der Waals surface area contributed by atoms with Crippen LogP contribution < -0.4 is 10.1 Å². The van der Waals surface area contributed by atoms with Crippen molar-refractivity contribution in [3.8, 4) is 5.75 Å². The molecule has 0 radical (unpaired) electrons. The summed E-state index contributed by atoms with van der Waals surface area (Å²) in [5.41, 5.74) is -1.46. The summed E-state index contributed by atoms with van der Waals surface area (Å²) in [6.45, 7) is 1.64. The normalized spacial score (nSPS) is 12.6. The Labute approximate surface area is 146 Å². The zero-order valence-corrected chi connectivity index (χ0v) is 13.8. The maximum atomic E-state index is 13.1. The summed E-state index contributed by atoms with van der Waals surface area (Å²) in [5.74, 6) is -0.990. The minimum Gasteiger partial charge on any atom is -0.481 e. The number of hydrogen-bond donors (Lipinski definition) is 1. The van der Waals surface area contributed by atoms with E-state index in [1.165, 1.54) is 18.2 Å². The molecule has 0 spiro atoms. The average Bonchev–Trinajstić information content (AvgIpc) is 2.55. The van der Waals surface area contributed by atoms with Crippen LogP contribution in [0.25, 0.3) is 0 Å². The lowest BCUT2D eigenvalue weighted by molar-refractivity contribution is -0.137. The summed E-state index contributed by atoms with van der Waals surface area (Å²) in [4.78, 5) is 12.3. The van der Waals surface area contributed by atoms with Crippen LogP contribution in [0.1, 0.15) is 18.9 Å². The van der Waals surface area contributed by atoms with E-state index in [0.29, 0.717) is 0 Å². The smallest absolute Gasteiger partial charge is 0.418 e. The van der Waals surface area contributed by atoms with Crippen molar-refractivity contribution in [3.05, 3.63) is 58.9 Å². The fourth-order valence-corrected chi connectivity index (χ4v) is 2.25. The third kappa shape index (κ3) is 5.09. The molecule has 0 saturated heterocycles. The van der Waals surface area contributed by atoms with Gasteiger partial charge in [0.05, 0.1) is 11.3 Å². The molecule has 2 rings (SSSR count). The fraction of sp³-hybridized carbons (Fsp3) is 0.235. The van der Waals surface area contributed by atoms with Gasteiger partial charge in [-0.05, 0) is 48.9 Å². The summed E-state index contributed by atoms with van der Waals surface area (Å²) in [7, 11) is 0. The van der Waals surface area contributed by atoms with Gasteiger partial charge < -0.3 is 10.1 Å². The van der Waals surface area contributed by atoms with Crippen LogP contribution in [-0.4, -0.2) is 12.0 Å². The van der Waals surface area contributed by atoms with E-state index in [2.05, 4.69) is 5.32 Å². The van der Waals surface area contributed by atoms with E-state index in [4.69, 9.17) is 16.3 Å². The first-order chi connectivity index (χ1) is 11.7. The molecule has 1 amide bonds. The Kier molecular flexibility index (Phi) is 5.89. The van der Waals surface area contributed by atoms with Gasteiger partial charge in [-0.25, -0.2) is 4.39 Å². The maximum Gasteiger partial charge on any atom is 0.418 e. The molecule has 8 heteroatoms. The number of nitrogens with one attached hydrogen (secondary N) is 1. The molecule has 134 valence electrons. The number of carbonyl (C=O) groups is 1. The van der Waals surface area contributed by atoms with Crippen molar-refractivity contribution in [2.75, 3.05) is 5.32 Å². The summed E-state index contributed by atoms with van der Waals surface area (Å²) >= 11 is 5.60. The number of amides is 1. The van der Waals surface area contributed by atoms with Crippen LogP contribution in [0.15, 0.2) is 42.5 Å². The van der Waals surface area contributed by atoms with E-state index in [-0.39, 0.29) is 17.2 Å². The molecule has 2 aromatic carbocycles. The predicted molar refractivity (Wildman–Crippen MR) is 86.2 cm³/mol. The van der Waals surface area contributed by atoms with Crippen molar-refractivity contribution in [1.82, 2.24) is 0 Å². The summed E-state index contributed by atoms with van der Waals surface area (Å²) in [6, 6.07) is 8.02. The highest BCUT2D eigenvalue weighted by molar-refractivity contribution is 6.30. The van der Waals surface area contributed by atoms with Gasteiger partial charge in [-0.15, -0.1) is 0 Å². The molecule has 1 atom stereocenters. The molecule has 0 fully saturated rings. The lowest BCUT2D eigenvalue weighted by Crippen LogP contribution is -2.33. The van der Waals surface area contributed by atoms with Crippen molar-refractivity contribution in [2.24, 2.45) is 0 Å². The van der Waals surface area contributed by atoms with Gasteiger partial charge >= 0.3 is 6.18 Å². The molecule has 1 N–H and O–H groups in total. The molecule has 2 aromatic rings. The van der Waals surface area contributed by atoms with Crippen LogP contribution in [0.4, 0.5) is 23.2 Å². The summed E-state index contributed by atoms with van der Waals surface area (Å²) in [6.07, 6.45) is -5.51. The fourth-order valence-electron chi connectivity index (χ4n) is 2.07. The van der Waals surface area contributed by atoms with Gasteiger partial charge in [-0.2, -0.15) is 13.2 Å². The Morgan fingerprint density at radius 3 is 2.40 bits per heavy atom. The van der Waals surface area contributed by atoms with Gasteiger partial charge in [0.25, 0.3) is 5.91 Å². The summed E-state index contributed by atoms with van der Waals surface area (Å²) < 4.78 is 57.5. The van der Waals surface area contributed by atoms with E-state index in [1.807, 2.05) is 0 Å². The number of carbonyl (C=O) groups excluding carboxylic acids is 1. The number of alkyl halides is 3. The summed E-state index contributed by atoms with van der Waals surface area (Å²) in [5, 5.41) is 2.11. The second-order valence-electron chi connectivity index (χ2n) is 5.15. The topological polar surface area (TPSA) is 38.3 Å². The first kappa shape index (κ1) is 19.1. The van der Waals surface area contributed by atoms with Gasteiger partial charge in [0.2, 0.25) is 0 Å². The molecule has 25 heavy (non-hydrogen) atoms. The number of hydrogen-bond acceptors (Lipinski definition) is 2. The van der Waals surface area contributed by atoms with Crippen LogP contribution >= 0.6 is 11.6 Å². The quantitative estimate of drug-likeness (QED) is 0.721. The Morgan fingerprint density at radius 2 is 1.84 bits per heavy atom. The monoisotopic (exact) mass is 375 g/mol. The SMILES string of the molecule is CCC(Oc1ccc(F)cc1)C(=O)Nc1ccc(Cl)cc1C(F)(F)F. The molecule has 0 saturated carbocycles. The lowest BCUT2D eigenvalue weighted by Gasteiger charge is -2.19. The first-order valence-corrected chi connectivity index (χ1v) is 7.68. The van der Waals surface area contributed by atoms with Crippen LogP contribution in [0, 0.1) is 5.82 Å². The molecular weight excluding hydrogens is 362 g/mol. The lowest BCUT2D eigenvalue weighted by atomic mass is 10.1. The van der Waals surface area contributed by atoms with Gasteiger partial charge in [-0.1, -0.05) is 18.5 Å². The second-order valence-corrected chi connectivity index (χ2v) is 5.58. The van der Waals surface area contributed by atoms with E-state index in [0.717, 1.165) is 24.3 Å². The molecule has 1 unspecified atom stereocenters. The van der Waals surface area contributed by atoms with Crippen molar-refractivity contribution in [1.29, 1.82) is 0 Å². The highest BCUT2D eigenvalue weighted by Gasteiger charge is 2.34. The number of halogens is 5. The molecule has 3 nitrogen and oxygen atoms in total. The number of benzene rings is 2. The number of anilines is 1. The molecule has 0 aliphatic carbocycles. The van der Waals surface area contributed by atoms with Crippen LogP contribution in [0.2, 0.25) is 5.02 Å². The van der Waals surface area contributed by atoms with Gasteiger partial charge in [-0.3, -0.25) is 4.79 Å². The third-order valence-corrected chi connectivity index (χ3v) is 3.54. The van der Waals surface area contributed by atoms with Crippen LogP contribution in [0.3, 0.4) is 0 Å². The molecule has 0 aliphatic rings. The van der Waals surface area contributed by atoms with Gasteiger partial charge in [0.1, 0.15) is 11.6 Å². The standard InChI is InChI=1S/C17H14ClF4NO2/c1-2-15(25-12-6-4-11(19)5-7-12)16(24)23-14-8-3-10(18)9-13(14)17(20,21)22/h3-9,15H,2H2,1H3,(H,23,24). The zero-order valence-electron chi connectivity index (χ0n) is 13.0. The van der Waals surface area contributed by atoms with Crippen molar-refractivity contribution >= 4 is 23.2 Å². The van der Waals surface area contributed by atoms with Crippen molar-refractivity contribution in [3.63, 3.8) is 0 Å². The predicted octanol–water partition coefficient (Wildman–Crippen LogP) is 5.29. The number of rotatable bonds is 5. The minimum absolute atomic E-state index is 0.0973. The van der Waals surface area contributed by atoms with Gasteiger partial charge in [0, 0.05) is 5.02 Å². The van der Waals surface area contributed by atoms with Crippen molar-refractivity contribution < 1.29 is 27.1 Å². The molecule has 0 heterocycles. The molecular formula is C17H14ClF4NO2. The molecule has 0 aromatic heterocycles. The Bertz CT molecular complexity index is 747. The van der Waals surface area contributed by atoms with E-state index in [1.54, 1.807) is 6.92 Å². The maximum absolute atomic E-state index is 13.1. The first-order valence-electron chi connectivity index (χ1n) is 7.30. The molecule has 0 bridgehead atoms. The highest BCUT2D eigenvalue weighted by Crippen LogP contribution is 2.36. The van der Waals surface area contributed by atoms with Crippen LogP contribution in [0.5, 0.6) is 5.75 Å². The van der Waals surface area contributed by atoms with Crippen LogP contribution in [-0.2, 0) is 11.0 Å². The average molecular weight is 376 g/mol. The Balaban J connectivity index is 2.18. The third-order valence-electron chi connectivity index (χ3n) is 3.30. The second kappa shape index (κ2) is 7.74. The largest absolute Gasteiger partial charge is 0.481 e. The van der Waals surface area contributed by atoms with Crippen molar-refractivity contribution in [2.45, 2.75) is 25.6 Å². The Hall–Kier alpha value is -2.28. The van der Waals surface area contributed by atoms with E-state index in [9.17, 15) is 22.4 Å². The number of ether oxygens (including phenoxy) is 1. The Morgan fingerprint density at radius 1 is 1.20 bits per heavy atom. The minimum atomic E-state index is -4.67. The zero-order chi connectivity index (χ0) is 18.6. The highest BCUT2D eigenvalue weighted by atomic mass is 35.5. The van der Waals surface area contributed by atoms with E-state index < -0.39 is 35.3 Å². The van der Waals surface area contributed by atoms with Gasteiger partial charge in [0.15, 0.2) is 6.10 Å².